The summed E-state index contributed by atoms with van der Waals surface area (Å²) in [5, 5.41) is 1.18. The summed E-state index contributed by atoms with van der Waals surface area (Å²) in [6.45, 7) is 2.26. The number of nitrogens with zero attached hydrogens (tertiary/aromatic N) is 2. The Morgan fingerprint density at radius 3 is 2.51 bits per heavy atom. The first-order chi connectivity index (χ1) is 17.9. The number of amidine groups is 1. The average Bonchev–Trinajstić information content (AvgIpc) is 3.28. The fraction of sp³-hybridized carbons (Fsp3) is 0.345. The lowest BCUT2D eigenvalue weighted by Gasteiger charge is -2.47. The number of thioether (sulfide) groups is 1. The second-order valence-electron chi connectivity index (χ2n) is 9.64. The number of benzene rings is 3. The SMILES string of the molecule is COc1ccc([C@@]2(C)CCCC3N=C(SCc4c(F)cccc4Cl)N(c4ccc(F)cc4)C32)cc1OC. The zero-order valence-corrected chi connectivity index (χ0v) is 22.6. The molecule has 5 rings (SSSR count). The van der Waals surface area contributed by atoms with Crippen LogP contribution in [0.2, 0.25) is 5.02 Å². The second-order valence-corrected chi connectivity index (χ2v) is 11.0. The van der Waals surface area contributed by atoms with Gasteiger partial charge in [-0.05, 0) is 66.9 Å². The molecule has 37 heavy (non-hydrogen) atoms. The Balaban J connectivity index is 1.55. The van der Waals surface area contributed by atoms with Crippen LogP contribution < -0.4 is 14.4 Å². The van der Waals surface area contributed by atoms with Gasteiger partial charge in [-0.1, -0.05) is 48.8 Å². The van der Waals surface area contributed by atoms with Gasteiger partial charge in [0.05, 0.1) is 26.3 Å². The minimum absolute atomic E-state index is 0.0107. The summed E-state index contributed by atoms with van der Waals surface area (Å²) < 4.78 is 39.5. The quantitative estimate of drug-likeness (QED) is 0.321. The Hall–Kier alpha value is -2.77. The van der Waals surface area contributed by atoms with Gasteiger partial charge in [0.1, 0.15) is 11.6 Å². The number of halogens is 3. The fourth-order valence-corrected chi connectivity index (χ4v) is 7.06. The Morgan fingerprint density at radius 2 is 1.81 bits per heavy atom. The summed E-state index contributed by atoms with van der Waals surface area (Å²) in [6.07, 6.45) is 2.91. The van der Waals surface area contributed by atoms with E-state index in [9.17, 15) is 8.78 Å². The van der Waals surface area contributed by atoms with Crippen molar-refractivity contribution in [3.63, 3.8) is 0 Å². The minimum Gasteiger partial charge on any atom is -0.493 e. The van der Waals surface area contributed by atoms with Crippen LogP contribution >= 0.6 is 23.4 Å². The molecule has 1 fully saturated rings. The van der Waals surface area contributed by atoms with Gasteiger partial charge in [-0.25, -0.2) is 8.78 Å². The minimum atomic E-state index is -0.334. The predicted octanol–water partition coefficient (Wildman–Crippen LogP) is 7.62. The second kappa shape index (κ2) is 10.5. The molecule has 1 saturated carbocycles. The Kier molecular flexibility index (Phi) is 7.37. The van der Waals surface area contributed by atoms with Crippen molar-refractivity contribution >= 4 is 34.2 Å². The molecular weight excluding hydrogens is 514 g/mol. The van der Waals surface area contributed by atoms with Gasteiger partial charge in [-0.15, -0.1) is 0 Å². The highest BCUT2D eigenvalue weighted by atomic mass is 35.5. The van der Waals surface area contributed by atoms with E-state index in [0.717, 1.165) is 35.7 Å². The van der Waals surface area contributed by atoms with E-state index in [0.29, 0.717) is 27.8 Å². The van der Waals surface area contributed by atoms with Crippen molar-refractivity contribution in [3.05, 3.63) is 88.4 Å². The number of methoxy groups -OCH3 is 2. The first kappa shape index (κ1) is 25.9. The molecule has 0 aromatic heterocycles. The van der Waals surface area contributed by atoms with Crippen LogP contribution in [-0.2, 0) is 11.2 Å². The molecule has 194 valence electrons. The van der Waals surface area contributed by atoms with E-state index in [1.165, 1.54) is 30.0 Å². The predicted molar refractivity (Wildman–Crippen MR) is 147 cm³/mol. The lowest BCUT2D eigenvalue weighted by molar-refractivity contribution is 0.254. The molecule has 0 saturated heterocycles. The number of anilines is 1. The summed E-state index contributed by atoms with van der Waals surface area (Å²) in [5.74, 6) is 1.07. The molecule has 2 unspecified atom stereocenters. The van der Waals surface area contributed by atoms with E-state index < -0.39 is 0 Å². The van der Waals surface area contributed by atoms with E-state index >= 15 is 0 Å². The zero-order chi connectivity index (χ0) is 26.2. The fourth-order valence-electron chi connectivity index (χ4n) is 5.62. The molecule has 8 heteroatoms. The summed E-state index contributed by atoms with van der Waals surface area (Å²) >= 11 is 7.78. The number of ether oxygens (including phenoxy) is 2. The van der Waals surface area contributed by atoms with Crippen LogP contribution in [0.15, 0.2) is 65.7 Å². The number of fused-ring (bicyclic) bond motifs is 1. The Morgan fingerprint density at radius 1 is 1.05 bits per heavy atom. The maximum Gasteiger partial charge on any atom is 0.164 e. The van der Waals surface area contributed by atoms with Crippen LogP contribution in [0.25, 0.3) is 0 Å². The third kappa shape index (κ3) is 4.79. The lowest BCUT2D eigenvalue weighted by atomic mass is 9.65. The Bertz CT molecular complexity index is 1300. The molecule has 4 nitrogen and oxygen atoms in total. The van der Waals surface area contributed by atoms with Crippen LogP contribution in [0.5, 0.6) is 11.5 Å². The van der Waals surface area contributed by atoms with Crippen molar-refractivity contribution in [2.45, 2.75) is 49.4 Å². The van der Waals surface area contributed by atoms with Gasteiger partial charge in [-0.2, -0.15) is 0 Å². The third-order valence-corrected chi connectivity index (χ3v) is 8.88. The van der Waals surface area contributed by atoms with Crippen LogP contribution in [0.3, 0.4) is 0 Å². The smallest absolute Gasteiger partial charge is 0.164 e. The molecule has 0 spiro atoms. The number of hydrogen-bond acceptors (Lipinski definition) is 5. The molecule has 1 heterocycles. The van der Waals surface area contributed by atoms with Crippen LogP contribution in [0.1, 0.15) is 37.3 Å². The highest BCUT2D eigenvalue weighted by molar-refractivity contribution is 8.13. The first-order valence-corrected chi connectivity index (χ1v) is 13.6. The molecule has 0 radical (unpaired) electrons. The largest absolute Gasteiger partial charge is 0.493 e. The highest BCUT2D eigenvalue weighted by Crippen LogP contribution is 2.49. The van der Waals surface area contributed by atoms with Crippen molar-refractivity contribution in [1.82, 2.24) is 0 Å². The summed E-state index contributed by atoms with van der Waals surface area (Å²) in [4.78, 5) is 7.36. The molecule has 3 aromatic carbocycles. The molecule has 2 aliphatic rings. The molecule has 1 aliphatic carbocycles. The van der Waals surface area contributed by atoms with E-state index in [1.54, 1.807) is 38.5 Å². The lowest BCUT2D eigenvalue weighted by Crippen LogP contribution is -2.55. The molecule has 3 atom stereocenters. The van der Waals surface area contributed by atoms with Gasteiger partial charge in [0, 0.05) is 27.4 Å². The normalized spacial score (nSPS) is 23.0. The standard InChI is InChI=1S/C29H29ClF2N2O2S/c1-29(18-9-14-25(35-2)26(16-18)36-3)15-5-8-24-27(29)34(20-12-10-19(31)11-13-20)28(33-24)37-17-21-22(30)6-4-7-23(21)32/h4,6-7,9-14,16,24,27H,5,8,15,17H2,1-3H3/t24?,27?,29-/m1/s1. The molecule has 0 bridgehead atoms. The first-order valence-electron chi connectivity index (χ1n) is 12.3. The van der Waals surface area contributed by atoms with E-state index in [1.807, 2.05) is 12.1 Å². The van der Waals surface area contributed by atoms with E-state index in [-0.39, 0.29) is 29.1 Å². The van der Waals surface area contributed by atoms with Gasteiger partial charge < -0.3 is 14.4 Å². The maximum atomic E-state index is 14.5. The van der Waals surface area contributed by atoms with Gasteiger partial charge in [-0.3, -0.25) is 4.99 Å². The van der Waals surface area contributed by atoms with Crippen LogP contribution in [-0.4, -0.2) is 31.5 Å². The number of rotatable bonds is 6. The van der Waals surface area contributed by atoms with Crippen molar-refractivity contribution in [3.8, 4) is 11.5 Å². The molecule has 0 N–H and O–H groups in total. The van der Waals surface area contributed by atoms with E-state index in [4.69, 9.17) is 26.1 Å². The molecule has 0 amide bonds. The van der Waals surface area contributed by atoms with Gasteiger partial charge in [0.25, 0.3) is 0 Å². The summed E-state index contributed by atoms with van der Waals surface area (Å²) in [5.41, 5.74) is 2.16. The highest BCUT2D eigenvalue weighted by Gasteiger charge is 2.51. The monoisotopic (exact) mass is 542 g/mol. The summed E-state index contributed by atoms with van der Waals surface area (Å²) in [7, 11) is 3.27. The van der Waals surface area contributed by atoms with Gasteiger partial charge in [0.2, 0.25) is 0 Å². The van der Waals surface area contributed by atoms with E-state index in [2.05, 4.69) is 17.9 Å². The van der Waals surface area contributed by atoms with Crippen molar-refractivity contribution < 1.29 is 18.3 Å². The maximum absolute atomic E-state index is 14.5. The number of aliphatic imine (C=N–C) groups is 1. The zero-order valence-electron chi connectivity index (χ0n) is 21.0. The third-order valence-electron chi connectivity index (χ3n) is 7.53. The molecule has 1 aliphatic heterocycles. The molecule has 3 aromatic rings. The van der Waals surface area contributed by atoms with Crippen LogP contribution in [0, 0.1) is 11.6 Å². The van der Waals surface area contributed by atoms with Gasteiger partial charge in [0.15, 0.2) is 16.7 Å². The van der Waals surface area contributed by atoms with Crippen LogP contribution in [0.4, 0.5) is 14.5 Å². The summed E-state index contributed by atoms with van der Waals surface area (Å²) in [6, 6.07) is 17.3. The topological polar surface area (TPSA) is 34.1 Å². The molecular formula is C29H29ClF2N2O2S. The van der Waals surface area contributed by atoms with Crippen molar-refractivity contribution in [2.75, 3.05) is 19.1 Å². The average molecular weight is 543 g/mol. The van der Waals surface area contributed by atoms with Crippen molar-refractivity contribution in [1.29, 1.82) is 0 Å². The Labute approximate surface area is 225 Å². The van der Waals surface area contributed by atoms with Crippen molar-refractivity contribution in [2.24, 2.45) is 4.99 Å². The van der Waals surface area contributed by atoms with Gasteiger partial charge >= 0.3 is 0 Å². The number of hydrogen-bond donors (Lipinski definition) is 0.